The first kappa shape index (κ1) is 16.2. The normalized spacial score (nSPS) is 13.0. The summed E-state index contributed by atoms with van der Waals surface area (Å²) in [6, 6.07) is 7.73. The summed E-state index contributed by atoms with van der Waals surface area (Å²) in [5, 5.41) is 15.7. The van der Waals surface area contributed by atoms with Gasteiger partial charge in [0.15, 0.2) is 5.16 Å². The average Bonchev–Trinajstić information content (AvgIpc) is 3.29. The number of aromatic nitrogens is 6. The van der Waals surface area contributed by atoms with Crippen LogP contribution in [0.2, 0.25) is 0 Å². The van der Waals surface area contributed by atoms with Gasteiger partial charge >= 0.3 is 0 Å². The van der Waals surface area contributed by atoms with Crippen molar-refractivity contribution in [3.8, 4) is 11.3 Å². The molecule has 0 spiro atoms. The second kappa shape index (κ2) is 6.89. The molecule has 0 saturated carbocycles. The Kier molecular flexibility index (Phi) is 4.45. The van der Waals surface area contributed by atoms with Gasteiger partial charge < -0.3 is 9.88 Å². The zero-order valence-electron chi connectivity index (χ0n) is 13.4. The van der Waals surface area contributed by atoms with Crippen LogP contribution in [0.3, 0.4) is 0 Å². The molecule has 0 fully saturated rings. The summed E-state index contributed by atoms with van der Waals surface area (Å²) in [6.45, 7) is 0.998. The molecule has 25 heavy (non-hydrogen) atoms. The Morgan fingerprint density at radius 3 is 3.16 bits per heavy atom. The Hall–Kier alpha value is -2.33. The van der Waals surface area contributed by atoms with E-state index in [4.69, 9.17) is 0 Å². The van der Waals surface area contributed by atoms with Crippen molar-refractivity contribution in [3.63, 3.8) is 0 Å². The number of nitrogens with zero attached hydrogens (tertiary/aromatic N) is 6. The number of anilines is 1. The Morgan fingerprint density at radius 1 is 1.44 bits per heavy atom. The molecule has 1 aliphatic rings. The predicted molar refractivity (Wildman–Crippen MR) is 96.5 cm³/mol. The SMILES string of the molecule is Cn1nnnc1SCC(=O)Nc1cccc(-c2cn3c(n2)SCC3)c1. The highest BCUT2D eigenvalue weighted by molar-refractivity contribution is 7.99. The third kappa shape index (κ3) is 3.54. The van der Waals surface area contributed by atoms with Crippen LogP contribution < -0.4 is 5.32 Å². The van der Waals surface area contributed by atoms with Gasteiger partial charge in [0.1, 0.15) is 0 Å². The summed E-state index contributed by atoms with van der Waals surface area (Å²) in [5.41, 5.74) is 2.67. The van der Waals surface area contributed by atoms with E-state index >= 15 is 0 Å². The van der Waals surface area contributed by atoms with Crippen molar-refractivity contribution in [2.24, 2.45) is 7.05 Å². The van der Waals surface area contributed by atoms with Gasteiger partial charge in [0.25, 0.3) is 0 Å². The lowest BCUT2D eigenvalue weighted by Gasteiger charge is -2.06. The number of carbonyl (C=O) groups is 1. The Bertz CT molecular complexity index is 899. The van der Waals surface area contributed by atoms with Crippen molar-refractivity contribution in [1.82, 2.24) is 29.8 Å². The molecule has 3 heterocycles. The number of rotatable bonds is 5. The van der Waals surface area contributed by atoms with Crippen molar-refractivity contribution >= 4 is 35.1 Å². The van der Waals surface area contributed by atoms with Gasteiger partial charge in [0.2, 0.25) is 11.1 Å². The number of carbonyl (C=O) groups excluding carboxylic acids is 1. The summed E-state index contributed by atoms with van der Waals surface area (Å²) in [5.74, 6) is 1.22. The van der Waals surface area contributed by atoms with Gasteiger partial charge in [0.05, 0.1) is 11.4 Å². The van der Waals surface area contributed by atoms with Crippen LogP contribution in [0.4, 0.5) is 5.69 Å². The maximum atomic E-state index is 12.1. The van der Waals surface area contributed by atoms with E-state index in [1.165, 1.54) is 16.4 Å². The van der Waals surface area contributed by atoms with Crippen molar-refractivity contribution in [3.05, 3.63) is 30.5 Å². The highest BCUT2D eigenvalue weighted by Crippen LogP contribution is 2.29. The largest absolute Gasteiger partial charge is 0.325 e. The molecule has 4 rings (SSSR count). The fourth-order valence-electron chi connectivity index (χ4n) is 2.48. The van der Waals surface area contributed by atoms with Crippen LogP contribution in [-0.2, 0) is 18.4 Å². The first-order valence-electron chi connectivity index (χ1n) is 7.64. The lowest BCUT2D eigenvalue weighted by Crippen LogP contribution is -2.14. The number of amides is 1. The van der Waals surface area contributed by atoms with E-state index in [1.807, 2.05) is 24.3 Å². The quantitative estimate of drug-likeness (QED) is 0.683. The number of nitrogens with one attached hydrogen (secondary N) is 1. The molecule has 1 aromatic carbocycles. The van der Waals surface area contributed by atoms with Crippen LogP contribution in [0.5, 0.6) is 0 Å². The summed E-state index contributed by atoms with van der Waals surface area (Å²) in [7, 11) is 1.74. The number of fused-ring (bicyclic) bond motifs is 1. The zero-order valence-corrected chi connectivity index (χ0v) is 15.0. The van der Waals surface area contributed by atoms with Gasteiger partial charge in [-0.25, -0.2) is 9.67 Å². The van der Waals surface area contributed by atoms with Gasteiger partial charge in [-0.2, -0.15) is 0 Å². The molecule has 0 radical (unpaired) electrons. The van der Waals surface area contributed by atoms with Crippen molar-refractivity contribution in [2.45, 2.75) is 16.9 Å². The minimum atomic E-state index is -0.104. The second-order valence-corrected chi connectivity index (χ2v) is 7.46. The van der Waals surface area contributed by atoms with Gasteiger partial charge in [-0.05, 0) is 22.6 Å². The van der Waals surface area contributed by atoms with Gasteiger partial charge in [-0.15, -0.1) is 5.10 Å². The molecular formula is C15H15N7OS2. The predicted octanol–water partition coefficient (Wildman–Crippen LogP) is 1.91. The fourth-order valence-corrected chi connectivity index (χ4v) is 4.07. The number of tetrazole rings is 1. The van der Waals surface area contributed by atoms with E-state index in [1.54, 1.807) is 18.8 Å². The van der Waals surface area contributed by atoms with E-state index < -0.39 is 0 Å². The number of aryl methyl sites for hydroxylation is 2. The van der Waals surface area contributed by atoms with Gasteiger partial charge in [-0.1, -0.05) is 35.7 Å². The molecule has 0 unspecified atom stereocenters. The minimum absolute atomic E-state index is 0.104. The molecule has 2 aromatic heterocycles. The first-order valence-corrected chi connectivity index (χ1v) is 9.61. The molecular weight excluding hydrogens is 358 g/mol. The number of hydrogen-bond donors (Lipinski definition) is 1. The van der Waals surface area contributed by atoms with E-state index in [2.05, 4.69) is 36.6 Å². The molecule has 0 bridgehead atoms. The molecule has 1 amide bonds. The summed E-state index contributed by atoms with van der Waals surface area (Å²) in [6.07, 6.45) is 2.06. The first-order chi connectivity index (χ1) is 12.2. The summed E-state index contributed by atoms with van der Waals surface area (Å²) < 4.78 is 3.70. The standard InChI is InChI=1S/C15H15N7OS2/c1-21-15(18-19-20-21)25-9-13(23)16-11-4-2-3-10(7-11)12-8-22-5-6-24-14(22)17-12/h2-4,7-8H,5-6,9H2,1H3,(H,16,23). The van der Waals surface area contributed by atoms with Gasteiger partial charge in [-0.3, -0.25) is 4.79 Å². The highest BCUT2D eigenvalue weighted by atomic mass is 32.2. The van der Waals surface area contributed by atoms with Gasteiger partial charge in [0, 0.05) is 36.8 Å². The summed E-state index contributed by atoms with van der Waals surface area (Å²) in [4.78, 5) is 16.8. The van der Waals surface area contributed by atoms with Crippen molar-refractivity contribution < 1.29 is 4.79 Å². The Labute approximate surface area is 152 Å². The van der Waals surface area contributed by atoms with Crippen molar-refractivity contribution in [1.29, 1.82) is 0 Å². The van der Waals surface area contributed by atoms with E-state index in [-0.39, 0.29) is 11.7 Å². The van der Waals surface area contributed by atoms with Crippen LogP contribution in [-0.4, -0.2) is 47.2 Å². The number of thioether (sulfide) groups is 2. The molecule has 3 aromatic rings. The van der Waals surface area contributed by atoms with Crippen LogP contribution in [0, 0.1) is 0 Å². The molecule has 0 saturated heterocycles. The number of hydrogen-bond acceptors (Lipinski definition) is 7. The third-order valence-corrected chi connectivity index (χ3v) is 5.64. The molecule has 0 aliphatic carbocycles. The van der Waals surface area contributed by atoms with Crippen LogP contribution in [0.15, 0.2) is 40.8 Å². The molecule has 1 aliphatic heterocycles. The Balaban J connectivity index is 1.42. The highest BCUT2D eigenvalue weighted by Gasteiger charge is 2.15. The van der Waals surface area contributed by atoms with E-state index in [9.17, 15) is 4.79 Å². The molecule has 0 atom stereocenters. The third-order valence-electron chi connectivity index (χ3n) is 3.66. The van der Waals surface area contributed by atoms with E-state index in [0.29, 0.717) is 5.16 Å². The Morgan fingerprint density at radius 2 is 2.36 bits per heavy atom. The maximum absolute atomic E-state index is 12.1. The lowest BCUT2D eigenvalue weighted by atomic mass is 10.1. The maximum Gasteiger partial charge on any atom is 0.234 e. The van der Waals surface area contributed by atoms with Crippen molar-refractivity contribution in [2.75, 3.05) is 16.8 Å². The van der Waals surface area contributed by atoms with Crippen LogP contribution >= 0.6 is 23.5 Å². The minimum Gasteiger partial charge on any atom is -0.325 e. The number of imidazole rings is 1. The van der Waals surface area contributed by atoms with E-state index in [0.717, 1.165) is 34.4 Å². The average molecular weight is 373 g/mol. The monoisotopic (exact) mass is 373 g/mol. The smallest absolute Gasteiger partial charge is 0.234 e. The molecule has 8 nitrogen and oxygen atoms in total. The lowest BCUT2D eigenvalue weighted by molar-refractivity contribution is -0.113. The molecule has 128 valence electrons. The second-order valence-electron chi connectivity index (χ2n) is 5.45. The topological polar surface area (TPSA) is 90.5 Å². The molecule has 1 N–H and O–H groups in total. The number of benzene rings is 1. The van der Waals surface area contributed by atoms with Crippen LogP contribution in [0.1, 0.15) is 0 Å². The fraction of sp³-hybridized carbons (Fsp3) is 0.267. The van der Waals surface area contributed by atoms with Crippen LogP contribution in [0.25, 0.3) is 11.3 Å². The molecule has 10 heteroatoms. The summed E-state index contributed by atoms with van der Waals surface area (Å²) >= 11 is 3.06. The zero-order chi connectivity index (χ0) is 17.2.